The highest BCUT2D eigenvalue weighted by Gasteiger charge is 2.26. The fraction of sp³-hybridized carbons (Fsp3) is 0.520. The maximum Gasteiger partial charge on any atom is 0.331 e. The number of amides is 1. The summed E-state index contributed by atoms with van der Waals surface area (Å²) in [4.78, 5) is 23.7. The molecule has 0 fully saturated rings. The molecule has 1 amide bonds. The van der Waals surface area contributed by atoms with Crippen LogP contribution in [0.4, 0.5) is 0 Å². The maximum absolute atomic E-state index is 12.0. The normalized spacial score (nSPS) is 18.8. The number of hydrogen-bond acceptors (Lipinski definition) is 4. The minimum absolute atomic E-state index is 0.192. The average Bonchev–Trinajstić information content (AvgIpc) is 2.65. The van der Waals surface area contributed by atoms with E-state index in [0.29, 0.717) is 0 Å². The van der Waals surface area contributed by atoms with Gasteiger partial charge in [0.2, 0.25) is 5.91 Å². The molecule has 0 saturated carbocycles. The number of carbonyl (C=O) groups is 2. The van der Waals surface area contributed by atoms with E-state index < -0.39 is 24.5 Å². The average molecular weight is 416 g/mol. The molecule has 5 nitrogen and oxygen atoms in total. The summed E-state index contributed by atoms with van der Waals surface area (Å²) in [6.45, 7) is 12.0. The molecule has 0 saturated heterocycles. The van der Waals surface area contributed by atoms with Crippen LogP contribution in [0.2, 0.25) is 0 Å². The second-order valence-electron chi connectivity index (χ2n) is 8.42. The monoisotopic (exact) mass is 415 g/mol. The molecule has 1 atom stereocenters. The third kappa shape index (κ3) is 8.54. The Hall–Kier alpha value is -2.40. The topological polar surface area (TPSA) is 75.6 Å². The van der Waals surface area contributed by atoms with Crippen molar-refractivity contribution in [1.82, 2.24) is 5.32 Å². The summed E-state index contributed by atoms with van der Waals surface area (Å²) in [7, 11) is 0. The van der Waals surface area contributed by atoms with Crippen LogP contribution in [0, 0.1) is 5.41 Å². The molecule has 1 unspecified atom stereocenters. The summed E-state index contributed by atoms with van der Waals surface area (Å²) in [6.07, 6.45) is 15.1. The molecule has 1 aliphatic rings. The fourth-order valence-electron chi connectivity index (χ4n) is 3.52. The Morgan fingerprint density at radius 1 is 1.23 bits per heavy atom. The SMILES string of the molecule is CCOC(=O)C(CO)NC(=O)/C=C(C)/C=C/C=C(C)/C=C/C1=C(C)CCCC1(C)C. The summed E-state index contributed by atoms with van der Waals surface area (Å²) in [5.41, 5.74) is 4.97. The Labute approximate surface area is 181 Å². The van der Waals surface area contributed by atoms with Crippen LogP contribution in [0.3, 0.4) is 0 Å². The lowest BCUT2D eigenvalue weighted by molar-refractivity contribution is -0.148. The van der Waals surface area contributed by atoms with Gasteiger partial charge in [0.25, 0.3) is 0 Å². The molecule has 1 rings (SSSR count). The molecule has 0 aromatic heterocycles. The van der Waals surface area contributed by atoms with Gasteiger partial charge >= 0.3 is 5.97 Å². The first kappa shape index (κ1) is 25.6. The highest BCUT2D eigenvalue weighted by atomic mass is 16.5. The summed E-state index contributed by atoms with van der Waals surface area (Å²) >= 11 is 0. The minimum atomic E-state index is -1.06. The predicted octanol–water partition coefficient (Wildman–Crippen LogP) is 4.56. The zero-order valence-electron chi connectivity index (χ0n) is 19.2. The van der Waals surface area contributed by atoms with Gasteiger partial charge in [-0.1, -0.05) is 55.4 Å². The Kier molecular flexibility index (Phi) is 10.5. The molecule has 0 spiro atoms. The molecule has 5 heteroatoms. The molecule has 0 aliphatic heterocycles. The molecule has 0 aromatic rings. The van der Waals surface area contributed by atoms with Crippen molar-refractivity contribution in [2.75, 3.05) is 13.2 Å². The van der Waals surface area contributed by atoms with Crippen LogP contribution in [0.15, 0.2) is 58.7 Å². The predicted molar refractivity (Wildman–Crippen MR) is 122 cm³/mol. The summed E-state index contributed by atoms with van der Waals surface area (Å²) in [5.74, 6) is -1.10. The molecule has 166 valence electrons. The first-order valence-electron chi connectivity index (χ1n) is 10.6. The number of aliphatic hydroxyl groups is 1. The molecule has 0 aromatic carbocycles. The number of rotatable bonds is 9. The van der Waals surface area contributed by atoms with Gasteiger partial charge in [-0.15, -0.1) is 0 Å². The van der Waals surface area contributed by atoms with Crippen LogP contribution in [-0.2, 0) is 14.3 Å². The molecular weight excluding hydrogens is 378 g/mol. The van der Waals surface area contributed by atoms with Gasteiger partial charge in [-0.3, -0.25) is 4.79 Å². The molecule has 2 N–H and O–H groups in total. The van der Waals surface area contributed by atoms with Crippen LogP contribution < -0.4 is 5.32 Å². The molecular formula is C25H37NO4. The van der Waals surface area contributed by atoms with Crippen LogP contribution in [0.1, 0.15) is 60.8 Å². The van der Waals surface area contributed by atoms with Crippen molar-refractivity contribution < 1.29 is 19.4 Å². The first-order chi connectivity index (χ1) is 14.1. The van der Waals surface area contributed by atoms with E-state index in [1.165, 1.54) is 36.5 Å². The number of allylic oxidation sites excluding steroid dienone is 9. The third-order valence-electron chi connectivity index (χ3n) is 5.20. The van der Waals surface area contributed by atoms with Crippen molar-refractivity contribution in [3.8, 4) is 0 Å². The quantitative estimate of drug-likeness (QED) is 0.329. The molecule has 0 bridgehead atoms. The van der Waals surface area contributed by atoms with Crippen molar-refractivity contribution in [2.45, 2.75) is 66.8 Å². The second-order valence-corrected chi connectivity index (χ2v) is 8.42. The fourth-order valence-corrected chi connectivity index (χ4v) is 3.52. The Morgan fingerprint density at radius 3 is 2.53 bits per heavy atom. The van der Waals surface area contributed by atoms with Crippen molar-refractivity contribution >= 4 is 11.9 Å². The number of esters is 1. The van der Waals surface area contributed by atoms with Crippen LogP contribution in [0.25, 0.3) is 0 Å². The lowest BCUT2D eigenvalue weighted by Gasteiger charge is -2.32. The van der Waals surface area contributed by atoms with Gasteiger partial charge in [-0.25, -0.2) is 4.79 Å². The maximum atomic E-state index is 12.0. The van der Waals surface area contributed by atoms with Gasteiger partial charge in [-0.2, -0.15) is 0 Å². The van der Waals surface area contributed by atoms with Crippen LogP contribution in [-0.4, -0.2) is 36.2 Å². The van der Waals surface area contributed by atoms with Crippen molar-refractivity contribution in [1.29, 1.82) is 0 Å². The number of nitrogens with one attached hydrogen (secondary N) is 1. The number of aliphatic hydroxyl groups excluding tert-OH is 1. The largest absolute Gasteiger partial charge is 0.464 e. The summed E-state index contributed by atoms with van der Waals surface area (Å²) in [5, 5.41) is 11.7. The van der Waals surface area contributed by atoms with E-state index in [1.54, 1.807) is 13.8 Å². The van der Waals surface area contributed by atoms with Crippen LogP contribution in [0.5, 0.6) is 0 Å². The van der Waals surface area contributed by atoms with E-state index in [-0.39, 0.29) is 12.0 Å². The zero-order chi connectivity index (χ0) is 22.7. The Balaban J connectivity index is 2.71. The molecule has 1 aliphatic carbocycles. The van der Waals surface area contributed by atoms with E-state index in [4.69, 9.17) is 4.74 Å². The van der Waals surface area contributed by atoms with Gasteiger partial charge < -0.3 is 15.2 Å². The Bertz CT molecular complexity index is 766. The van der Waals surface area contributed by atoms with E-state index >= 15 is 0 Å². The van der Waals surface area contributed by atoms with Crippen molar-refractivity contribution in [3.05, 3.63) is 58.7 Å². The Morgan fingerprint density at radius 2 is 1.93 bits per heavy atom. The highest BCUT2D eigenvalue weighted by Crippen LogP contribution is 2.40. The molecule has 0 heterocycles. The number of carbonyl (C=O) groups excluding carboxylic acids is 2. The number of hydrogen-bond donors (Lipinski definition) is 2. The summed E-state index contributed by atoms with van der Waals surface area (Å²) in [6, 6.07) is -1.06. The van der Waals surface area contributed by atoms with Gasteiger partial charge in [-0.05, 0) is 63.5 Å². The van der Waals surface area contributed by atoms with E-state index in [9.17, 15) is 14.7 Å². The number of ether oxygens (including phenoxy) is 1. The van der Waals surface area contributed by atoms with Gasteiger partial charge in [0.15, 0.2) is 6.04 Å². The van der Waals surface area contributed by atoms with Gasteiger partial charge in [0, 0.05) is 6.08 Å². The van der Waals surface area contributed by atoms with Crippen molar-refractivity contribution in [3.63, 3.8) is 0 Å². The van der Waals surface area contributed by atoms with Gasteiger partial charge in [0.05, 0.1) is 13.2 Å². The second kappa shape index (κ2) is 12.3. The van der Waals surface area contributed by atoms with Crippen LogP contribution >= 0.6 is 0 Å². The van der Waals surface area contributed by atoms with E-state index in [2.05, 4.69) is 38.2 Å². The minimum Gasteiger partial charge on any atom is -0.464 e. The van der Waals surface area contributed by atoms with E-state index in [0.717, 1.165) is 11.1 Å². The smallest absolute Gasteiger partial charge is 0.331 e. The van der Waals surface area contributed by atoms with E-state index in [1.807, 2.05) is 25.2 Å². The summed E-state index contributed by atoms with van der Waals surface area (Å²) < 4.78 is 4.81. The zero-order valence-corrected chi connectivity index (χ0v) is 19.2. The van der Waals surface area contributed by atoms with Crippen molar-refractivity contribution in [2.24, 2.45) is 5.41 Å². The standard InChI is InChI=1S/C25H37NO4/c1-7-30-24(29)22(17-27)26-23(28)16-19(3)11-8-10-18(2)13-14-21-20(4)12-9-15-25(21,5)6/h8,10-11,13-14,16,22,27H,7,9,12,15,17H2,1-6H3,(H,26,28)/b11-8+,14-13+,18-10+,19-16+. The highest BCUT2D eigenvalue weighted by molar-refractivity contribution is 5.92. The molecule has 0 radical (unpaired) electrons. The molecule has 30 heavy (non-hydrogen) atoms. The van der Waals surface area contributed by atoms with Gasteiger partial charge in [0.1, 0.15) is 0 Å². The lowest BCUT2D eigenvalue weighted by atomic mass is 9.72. The lowest BCUT2D eigenvalue weighted by Crippen LogP contribution is -2.43. The first-order valence-corrected chi connectivity index (χ1v) is 10.6. The third-order valence-corrected chi connectivity index (χ3v) is 5.20.